The second-order valence-electron chi connectivity index (χ2n) is 4.66. The smallest absolute Gasteiger partial charge is 0.321 e. The van der Waals surface area contributed by atoms with Gasteiger partial charge < -0.3 is 5.11 Å². The molecule has 0 amide bonds. The molecule has 16 heavy (non-hydrogen) atoms. The first-order valence-corrected chi connectivity index (χ1v) is 7.49. The van der Waals surface area contributed by atoms with Crippen LogP contribution < -0.4 is 0 Å². The number of carbonyl (C=O) groups is 1. The van der Waals surface area contributed by atoms with Gasteiger partial charge in [-0.25, -0.2) is 8.42 Å². The fourth-order valence-corrected chi connectivity index (χ4v) is 3.59. The van der Waals surface area contributed by atoms with Gasteiger partial charge in [-0.1, -0.05) is 0 Å². The zero-order valence-electron chi connectivity index (χ0n) is 9.13. The van der Waals surface area contributed by atoms with E-state index in [4.69, 9.17) is 5.11 Å². The third-order valence-corrected chi connectivity index (χ3v) is 5.02. The molecule has 1 N–H and O–H groups in total. The third kappa shape index (κ3) is 2.74. The molecule has 6 heteroatoms. The molecule has 2 rings (SSSR count). The molecule has 0 bridgehead atoms. The maximum Gasteiger partial charge on any atom is 0.321 e. The average Bonchev–Trinajstić information content (AvgIpc) is 2.96. The van der Waals surface area contributed by atoms with Crippen molar-refractivity contribution in [2.24, 2.45) is 5.92 Å². The summed E-state index contributed by atoms with van der Waals surface area (Å²) in [5.74, 6) is -0.274. The van der Waals surface area contributed by atoms with E-state index in [1.165, 1.54) is 0 Å². The highest BCUT2D eigenvalue weighted by Gasteiger charge is 2.40. The maximum atomic E-state index is 11.4. The van der Waals surface area contributed by atoms with Crippen LogP contribution in [-0.4, -0.2) is 55.0 Å². The summed E-state index contributed by atoms with van der Waals surface area (Å²) in [4.78, 5) is 13.0. The van der Waals surface area contributed by atoms with Gasteiger partial charge in [-0.2, -0.15) is 0 Å². The number of hydrogen-bond acceptors (Lipinski definition) is 4. The van der Waals surface area contributed by atoms with E-state index >= 15 is 0 Å². The van der Waals surface area contributed by atoms with E-state index in [9.17, 15) is 13.2 Å². The Morgan fingerprint density at radius 1 is 1.25 bits per heavy atom. The third-order valence-electron chi connectivity index (χ3n) is 3.31. The Labute approximate surface area is 95.4 Å². The molecule has 0 aromatic heterocycles. The van der Waals surface area contributed by atoms with E-state index in [2.05, 4.69) is 0 Å². The first-order chi connectivity index (χ1) is 7.49. The van der Waals surface area contributed by atoms with Crippen LogP contribution in [0.25, 0.3) is 0 Å². The van der Waals surface area contributed by atoms with Gasteiger partial charge in [0.1, 0.15) is 6.04 Å². The molecule has 92 valence electrons. The predicted octanol–water partition coefficient (Wildman–Crippen LogP) is -0.0299. The molecule has 0 aromatic rings. The molecule has 5 nitrogen and oxygen atoms in total. The number of carboxylic acids is 1. The Balaban J connectivity index is 2.05. The van der Waals surface area contributed by atoms with E-state index in [0.29, 0.717) is 19.5 Å². The van der Waals surface area contributed by atoms with E-state index in [1.54, 1.807) is 0 Å². The van der Waals surface area contributed by atoms with Gasteiger partial charge in [-0.15, -0.1) is 0 Å². The molecule has 2 aliphatic rings. The first-order valence-electron chi connectivity index (χ1n) is 5.67. The van der Waals surface area contributed by atoms with Crippen molar-refractivity contribution >= 4 is 15.8 Å². The monoisotopic (exact) mass is 247 g/mol. The number of carboxylic acid groups (broad SMARTS) is 1. The minimum Gasteiger partial charge on any atom is -0.480 e. The minimum atomic E-state index is -2.95. The van der Waals surface area contributed by atoms with Crippen molar-refractivity contribution in [1.29, 1.82) is 0 Å². The average molecular weight is 247 g/mol. The molecule has 0 spiro atoms. The Morgan fingerprint density at radius 3 is 2.50 bits per heavy atom. The van der Waals surface area contributed by atoms with Crippen LogP contribution in [0.5, 0.6) is 0 Å². The fraction of sp³-hybridized carbons (Fsp3) is 0.900. The summed E-state index contributed by atoms with van der Waals surface area (Å²) in [6, 6.07) is -0.465. The van der Waals surface area contributed by atoms with Crippen molar-refractivity contribution < 1.29 is 18.3 Å². The molecular formula is C10H17NO4S. The number of sulfone groups is 1. The topological polar surface area (TPSA) is 74.7 Å². The van der Waals surface area contributed by atoms with Gasteiger partial charge in [0.25, 0.3) is 0 Å². The van der Waals surface area contributed by atoms with Crippen LogP contribution in [0.4, 0.5) is 0 Å². The van der Waals surface area contributed by atoms with Gasteiger partial charge in [-0.05, 0) is 31.7 Å². The number of rotatable bonds is 3. The van der Waals surface area contributed by atoms with Gasteiger partial charge in [0.15, 0.2) is 9.84 Å². The maximum absolute atomic E-state index is 11.4. The molecular weight excluding hydrogens is 230 g/mol. The lowest BCUT2D eigenvalue weighted by molar-refractivity contribution is -0.144. The van der Waals surface area contributed by atoms with Crippen molar-refractivity contribution in [3.8, 4) is 0 Å². The molecule has 1 atom stereocenters. The van der Waals surface area contributed by atoms with Crippen LogP contribution in [0.15, 0.2) is 0 Å². The molecule has 1 aliphatic heterocycles. The molecule has 1 aliphatic carbocycles. The summed E-state index contributed by atoms with van der Waals surface area (Å²) in [6.07, 6.45) is 2.47. The second-order valence-corrected chi connectivity index (χ2v) is 6.97. The zero-order chi connectivity index (χ0) is 11.8. The Bertz CT molecular complexity index is 374. The van der Waals surface area contributed by atoms with Crippen LogP contribution >= 0.6 is 0 Å². The van der Waals surface area contributed by atoms with Crippen molar-refractivity contribution in [3.63, 3.8) is 0 Å². The summed E-state index contributed by atoms with van der Waals surface area (Å²) in [6.45, 7) is 0.961. The summed E-state index contributed by atoms with van der Waals surface area (Å²) in [5.41, 5.74) is 0. The standard InChI is InChI=1S/C10H17NO4S/c12-10(13)9(8-2-3-8)11-4-1-6-16(14,15)7-5-11/h8-9H,1-7H2,(H,12,13). The summed E-state index contributed by atoms with van der Waals surface area (Å²) in [7, 11) is -2.95. The Morgan fingerprint density at radius 2 is 1.94 bits per heavy atom. The highest BCUT2D eigenvalue weighted by molar-refractivity contribution is 7.91. The quantitative estimate of drug-likeness (QED) is 0.758. The van der Waals surface area contributed by atoms with Crippen LogP contribution in [0, 0.1) is 5.92 Å². The van der Waals surface area contributed by atoms with Crippen molar-refractivity contribution in [1.82, 2.24) is 4.90 Å². The van der Waals surface area contributed by atoms with Crippen molar-refractivity contribution in [3.05, 3.63) is 0 Å². The van der Waals surface area contributed by atoms with Crippen molar-refractivity contribution in [2.45, 2.75) is 25.3 Å². The van der Waals surface area contributed by atoms with E-state index < -0.39 is 21.8 Å². The number of hydrogen-bond donors (Lipinski definition) is 1. The fourth-order valence-electron chi connectivity index (χ4n) is 2.30. The summed E-state index contributed by atoms with van der Waals surface area (Å²) in [5, 5.41) is 9.17. The van der Waals surface area contributed by atoms with Crippen LogP contribution in [-0.2, 0) is 14.6 Å². The minimum absolute atomic E-state index is 0.101. The summed E-state index contributed by atoms with van der Waals surface area (Å²) >= 11 is 0. The number of aliphatic carboxylic acids is 1. The molecule has 0 aromatic carbocycles. The van der Waals surface area contributed by atoms with Gasteiger partial charge >= 0.3 is 5.97 Å². The zero-order valence-corrected chi connectivity index (χ0v) is 9.95. The van der Waals surface area contributed by atoms with Crippen LogP contribution in [0.3, 0.4) is 0 Å². The van der Waals surface area contributed by atoms with Gasteiger partial charge in [-0.3, -0.25) is 9.69 Å². The number of nitrogens with zero attached hydrogens (tertiary/aromatic N) is 1. The van der Waals surface area contributed by atoms with Crippen LogP contribution in [0.1, 0.15) is 19.3 Å². The molecule has 1 saturated carbocycles. The lowest BCUT2D eigenvalue weighted by Crippen LogP contribution is -2.44. The van der Waals surface area contributed by atoms with E-state index in [0.717, 1.165) is 12.8 Å². The van der Waals surface area contributed by atoms with Gasteiger partial charge in [0.05, 0.1) is 11.5 Å². The highest BCUT2D eigenvalue weighted by Crippen LogP contribution is 2.35. The van der Waals surface area contributed by atoms with Crippen LogP contribution in [0.2, 0.25) is 0 Å². The van der Waals surface area contributed by atoms with Gasteiger partial charge in [0.2, 0.25) is 0 Å². The summed E-state index contributed by atoms with van der Waals surface area (Å²) < 4.78 is 22.8. The second kappa shape index (κ2) is 4.33. The predicted molar refractivity (Wildman–Crippen MR) is 59.0 cm³/mol. The Hall–Kier alpha value is -0.620. The van der Waals surface area contributed by atoms with E-state index in [1.807, 2.05) is 4.90 Å². The first kappa shape index (κ1) is 11.9. The molecule has 1 heterocycles. The molecule has 2 fully saturated rings. The van der Waals surface area contributed by atoms with Crippen molar-refractivity contribution in [2.75, 3.05) is 24.6 Å². The van der Waals surface area contributed by atoms with Gasteiger partial charge in [0, 0.05) is 6.54 Å². The molecule has 1 unspecified atom stereocenters. The molecule has 0 radical (unpaired) electrons. The lowest BCUT2D eigenvalue weighted by Gasteiger charge is -2.26. The lowest BCUT2D eigenvalue weighted by atomic mass is 10.1. The molecule has 1 saturated heterocycles. The largest absolute Gasteiger partial charge is 0.480 e. The Kier molecular flexibility index (Phi) is 3.21. The highest BCUT2D eigenvalue weighted by atomic mass is 32.2. The van der Waals surface area contributed by atoms with E-state index in [-0.39, 0.29) is 17.4 Å². The normalized spacial score (nSPS) is 28.2. The SMILES string of the molecule is O=C(O)C(C1CC1)N1CCCS(=O)(=O)CC1.